The summed E-state index contributed by atoms with van der Waals surface area (Å²) in [6.07, 6.45) is 0. The molecule has 0 amide bonds. The molecule has 0 radical (unpaired) electrons. The van der Waals surface area contributed by atoms with Crippen LogP contribution >= 0.6 is 0 Å². The van der Waals surface area contributed by atoms with Crippen molar-refractivity contribution < 1.29 is 48.1 Å². The standard InChI is InChI=1S/C19H19.C18H17.C2H6Si.2ClH.Zr/c1-12-7-13(2)9-16(8-12)17-6-5-15(4)18-10-14(3)11-19(17)18;1-13(2)16-11-15-9-6-10-17(18(15)12-16)14-7-4-3-5-8-14;1-3-2;;;/h5-11H,1-4H3;3-13H,1-2H3;1-2H3;2*1H;/q2*-1;;;;+2/p-2. The third-order valence-corrected chi connectivity index (χ3v) is 7.31. The fourth-order valence-corrected chi connectivity index (χ4v) is 5.43. The van der Waals surface area contributed by atoms with Gasteiger partial charge in [0.2, 0.25) is 0 Å². The van der Waals surface area contributed by atoms with Crippen LogP contribution in [0.1, 0.15) is 47.6 Å². The topological polar surface area (TPSA) is 0 Å². The SMILES string of the molecule is CC(C)c1cc2c(-c3ccccc3)cccc2[cH-]1.C[Si](C)=[Zr+2].Cc1cc(C)cc(-c2ccc(C)c3[cH-]c(C)cc23)c1.[Cl-].[Cl-]. The van der Waals surface area contributed by atoms with Gasteiger partial charge in [0, 0.05) is 0 Å². The Labute approximate surface area is 286 Å². The molecular formula is C39H42Cl2SiZr-2. The summed E-state index contributed by atoms with van der Waals surface area (Å²) in [4.78, 5) is 0. The second-order valence-electron chi connectivity index (χ2n) is 11.8. The molecule has 0 fully saturated rings. The molecule has 222 valence electrons. The first-order valence-corrected chi connectivity index (χ1v) is 20.7. The van der Waals surface area contributed by atoms with Gasteiger partial charge in [-0.05, 0) is 30.9 Å². The first kappa shape index (κ1) is 37.0. The Morgan fingerprint density at radius 3 is 1.84 bits per heavy atom. The minimum Gasteiger partial charge on any atom is -1.00 e. The summed E-state index contributed by atoms with van der Waals surface area (Å²) in [6, 6.07) is 37.7. The van der Waals surface area contributed by atoms with Crippen LogP contribution in [-0.2, 0) is 23.3 Å². The molecule has 0 atom stereocenters. The fraction of sp³-hybridized carbons (Fsp3) is 0.231. The molecule has 6 aromatic rings. The van der Waals surface area contributed by atoms with E-state index < -0.39 is 0 Å². The van der Waals surface area contributed by atoms with E-state index in [1.807, 2.05) is 0 Å². The largest absolute Gasteiger partial charge is 1.00 e. The smallest absolute Gasteiger partial charge is 0.0274 e. The number of hydrogen-bond donors (Lipinski definition) is 0. The molecule has 6 rings (SSSR count). The van der Waals surface area contributed by atoms with Crippen LogP contribution in [0, 0.1) is 27.7 Å². The molecule has 0 saturated carbocycles. The number of rotatable bonds is 3. The number of hydrogen-bond acceptors (Lipinski definition) is 0. The Balaban J connectivity index is 0.000000257. The van der Waals surface area contributed by atoms with E-state index in [0.29, 0.717) is 5.92 Å². The molecule has 0 aliphatic rings. The third-order valence-electron chi connectivity index (χ3n) is 7.31. The van der Waals surface area contributed by atoms with Crippen LogP contribution in [0.3, 0.4) is 0 Å². The molecular weight excluding hydrogens is 659 g/mol. The van der Waals surface area contributed by atoms with Crippen molar-refractivity contribution in [2.75, 3.05) is 0 Å². The van der Waals surface area contributed by atoms with Crippen molar-refractivity contribution in [3.05, 3.63) is 131 Å². The predicted molar refractivity (Wildman–Crippen MR) is 180 cm³/mol. The molecule has 0 bridgehead atoms. The molecule has 6 aromatic carbocycles. The van der Waals surface area contributed by atoms with Crippen LogP contribution in [0.5, 0.6) is 0 Å². The second-order valence-corrected chi connectivity index (χ2v) is 21.2. The molecule has 0 nitrogen and oxygen atoms in total. The molecule has 0 unspecified atom stereocenters. The maximum Gasteiger partial charge on any atom is -0.0274 e. The van der Waals surface area contributed by atoms with Crippen LogP contribution < -0.4 is 24.8 Å². The number of fused-ring (bicyclic) bond motifs is 2. The van der Waals surface area contributed by atoms with E-state index in [4.69, 9.17) is 0 Å². The van der Waals surface area contributed by atoms with Crippen molar-refractivity contribution in [3.63, 3.8) is 0 Å². The molecule has 0 aromatic heterocycles. The molecule has 43 heavy (non-hydrogen) atoms. The van der Waals surface area contributed by atoms with Crippen molar-refractivity contribution in [1.29, 1.82) is 0 Å². The summed E-state index contributed by atoms with van der Waals surface area (Å²) >= 11 is 1.74. The van der Waals surface area contributed by atoms with E-state index in [9.17, 15) is 0 Å². The molecule has 0 saturated heterocycles. The fourth-order valence-electron chi connectivity index (χ4n) is 5.43. The van der Waals surface area contributed by atoms with E-state index in [0.717, 1.165) is 0 Å². The van der Waals surface area contributed by atoms with Crippen molar-refractivity contribution in [2.24, 2.45) is 0 Å². The Kier molecular flexibility index (Phi) is 14.4. The number of aryl methyl sites for hydroxylation is 4. The van der Waals surface area contributed by atoms with Gasteiger partial charge in [0.25, 0.3) is 0 Å². The predicted octanol–water partition coefficient (Wildman–Crippen LogP) is 5.60. The van der Waals surface area contributed by atoms with Gasteiger partial charge in [-0.3, -0.25) is 0 Å². The zero-order valence-electron chi connectivity index (χ0n) is 26.6. The van der Waals surface area contributed by atoms with Crippen LogP contribution in [0.2, 0.25) is 13.1 Å². The van der Waals surface area contributed by atoms with Gasteiger partial charge < -0.3 is 24.8 Å². The van der Waals surface area contributed by atoms with Crippen molar-refractivity contribution in [1.82, 2.24) is 0 Å². The van der Waals surface area contributed by atoms with E-state index >= 15 is 0 Å². The average molecular weight is 701 g/mol. The van der Waals surface area contributed by atoms with E-state index in [1.54, 1.807) is 23.3 Å². The van der Waals surface area contributed by atoms with Crippen LogP contribution in [0.15, 0.2) is 103 Å². The maximum absolute atomic E-state index is 2.34. The van der Waals surface area contributed by atoms with Crippen LogP contribution in [0.4, 0.5) is 0 Å². The van der Waals surface area contributed by atoms with E-state index in [2.05, 4.69) is 158 Å². The summed E-state index contributed by atoms with van der Waals surface area (Å²) in [5.41, 5.74) is 12.3. The molecule has 0 spiro atoms. The molecule has 0 N–H and O–H groups in total. The van der Waals surface area contributed by atoms with Crippen LogP contribution in [-0.4, -0.2) is 5.43 Å². The Morgan fingerprint density at radius 1 is 0.628 bits per heavy atom. The summed E-state index contributed by atoms with van der Waals surface area (Å²) in [7, 11) is 0. The monoisotopic (exact) mass is 698 g/mol. The van der Waals surface area contributed by atoms with E-state index in [-0.39, 0.29) is 30.2 Å². The average Bonchev–Trinajstić information content (AvgIpc) is 3.53. The molecule has 0 aliphatic heterocycles. The van der Waals surface area contributed by atoms with Gasteiger partial charge in [0.1, 0.15) is 0 Å². The van der Waals surface area contributed by atoms with E-state index in [1.165, 1.54) is 71.6 Å². The second kappa shape index (κ2) is 16.7. The first-order chi connectivity index (χ1) is 19.5. The zero-order valence-corrected chi connectivity index (χ0v) is 31.6. The van der Waals surface area contributed by atoms with Crippen molar-refractivity contribution >= 4 is 27.0 Å². The Bertz CT molecular complexity index is 1770. The van der Waals surface area contributed by atoms with Gasteiger partial charge in [-0.25, -0.2) is 0 Å². The van der Waals surface area contributed by atoms with Gasteiger partial charge in [0.05, 0.1) is 0 Å². The Morgan fingerprint density at radius 2 is 1.23 bits per heavy atom. The number of halogens is 2. The summed E-state index contributed by atoms with van der Waals surface area (Å²) < 4.78 is 0. The zero-order chi connectivity index (χ0) is 29.7. The minimum atomic E-state index is 0. The van der Waals surface area contributed by atoms with Gasteiger partial charge in [0.15, 0.2) is 0 Å². The van der Waals surface area contributed by atoms with Crippen LogP contribution in [0.25, 0.3) is 43.8 Å². The molecule has 0 heterocycles. The molecule has 0 aliphatic carbocycles. The summed E-state index contributed by atoms with van der Waals surface area (Å²) in [5, 5.41) is 5.48. The van der Waals surface area contributed by atoms with Gasteiger partial charge in [-0.1, -0.05) is 111 Å². The molecule has 4 heteroatoms. The first-order valence-electron chi connectivity index (χ1n) is 14.6. The Hall–Kier alpha value is -2.22. The summed E-state index contributed by atoms with van der Waals surface area (Å²) in [6.45, 7) is 17.8. The summed E-state index contributed by atoms with van der Waals surface area (Å²) in [5.74, 6) is 0.584. The van der Waals surface area contributed by atoms with Crippen molar-refractivity contribution in [3.8, 4) is 22.3 Å². The number of benzene rings is 4. The van der Waals surface area contributed by atoms with Gasteiger partial charge in [-0.15, -0.1) is 68.6 Å². The minimum absolute atomic E-state index is 0. The quantitative estimate of drug-likeness (QED) is 0.167. The third kappa shape index (κ3) is 9.63. The van der Waals surface area contributed by atoms with Crippen molar-refractivity contribution in [2.45, 2.75) is 60.6 Å². The van der Waals surface area contributed by atoms with Gasteiger partial charge in [-0.2, -0.15) is 12.1 Å². The maximum atomic E-state index is 2.34. The van der Waals surface area contributed by atoms with Gasteiger partial charge >= 0.3 is 41.9 Å². The normalized spacial score (nSPS) is 10.3.